The fourth-order valence-electron chi connectivity index (χ4n) is 1.77. The summed E-state index contributed by atoms with van der Waals surface area (Å²) >= 11 is 0. The molecule has 0 aliphatic heterocycles. The second kappa shape index (κ2) is 6.29. The summed E-state index contributed by atoms with van der Waals surface area (Å²) in [6, 6.07) is 11.8. The SMILES string of the molecule is OC(CCNc1ccc(F)cc1)c1ccc(F)cc1. The molecule has 19 heavy (non-hydrogen) atoms. The molecule has 2 nitrogen and oxygen atoms in total. The molecule has 2 aromatic rings. The summed E-state index contributed by atoms with van der Waals surface area (Å²) in [4.78, 5) is 0. The first kappa shape index (κ1) is 13.5. The highest BCUT2D eigenvalue weighted by Gasteiger charge is 2.07. The van der Waals surface area contributed by atoms with Crippen LogP contribution in [0, 0.1) is 11.6 Å². The number of nitrogens with one attached hydrogen (secondary N) is 1. The van der Waals surface area contributed by atoms with Crippen molar-refractivity contribution in [3.05, 3.63) is 65.7 Å². The van der Waals surface area contributed by atoms with Crippen molar-refractivity contribution >= 4 is 5.69 Å². The lowest BCUT2D eigenvalue weighted by molar-refractivity contribution is 0.171. The Bertz CT molecular complexity index is 511. The maximum Gasteiger partial charge on any atom is 0.123 e. The molecule has 0 saturated heterocycles. The summed E-state index contributed by atoms with van der Waals surface area (Å²) in [5, 5.41) is 13.0. The summed E-state index contributed by atoms with van der Waals surface area (Å²) in [7, 11) is 0. The third-order valence-corrected chi connectivity index (χ3v) is 2.85. The summed E-state index contributed by atoms with van der Waals surface area (Å²) in [6.07, 6.45) is -0.156. The van der Waals surface area contributed by atoms with Crippen LogP contribution in [0.4, 0.5) is 14.5 Å². The molecule has 0 amide bonds. The Labute approximate surface area is 110 Å². The number of aliphatic hydroxyl groups is 1. The third-order valence-electron chi connectivity index (χ3n) is 2.85. The van der Waals surface area contributed by atoms with E-state index in [1.165, 1.54) is 24.3 Å². The van der Waals surface area contributed by atoms with Gasteiger partial charge in [0.25, 0.3) is 0 Å². The molecular weight excluding hydrogens is 248 g/mol. The monoisotopic (exact) mass is 263 g/mol. The van der Waals surface area contributed by atoms with E-state index in [0.29, 0.717) is 18.5 Å². The van der Waals surface area contributed by atoms with Gasteiger partial charge in [0.05, 0.1) is 6.10 Å². The molecular formula is C15H15F2NO. The number of anilines is 1. The van der Waals surface area contributed by atoms with Gasteiger partial charge >= 0.3 is 0 Å². The highest BCUT2D eigenvalue weighted by atomic mass is 19.1. The number of benzene rings is 2. The van der Waals surface area contributed by atoms with Crippen LogP contribution in [0.25, 0.3) is 0 Å². The van der Waals surface area contributed by atoms with Gasteiger partial charge in [0.1, 0.15) is 11.6 Å². The lowest BCUT2D eigenvalue weighted by Crippen LogP contribution is -2.07. The summed E-state index contributed by atoms with van der Waals surface area (Å²) in [5.74, 6) is -0.600. The summed E-state index contributed by atoms with van der Waals surface area (Å²) in [6.45, 7) is 0.546. The molecule has 2 N–H and O–H groups in total. The zero-order valence-electron chi connectivity index (χ0n) is 10.3. The molecule has 0 aliphatic carbocycles. The number of hydrogen-bond donors (Lipinski definition) is 2. The second-order valence-corrected chi connectivity index (χ2v) is 4.29. The number of hydrogen-bond acceptors (Lipinski definition) is 2. The van der Waals surface area contributed by atoms with Crippen LogP contribution in [0.1, 0.15) is 18.1 Å². The van der Waals surface area contributed by atoms with E-state index in [4.69, 9.17) is 0 Å². The molecule has 0 bridgehead atoms. The van der Waals surface area contributed by atoms with E-state index < -0.39 is 6.10 Å². The highest BCUT2D eigenvalue weighted by molar-refractivity contribution is 5.42. The van der Waals surface area contributed by atoms with E-state index in [0.717, 1.165) is 5.69 Å². The van der Waals surface area contributed by atoms with Gasteiger partial charge in [-0.2, -0.15) is 0 Å². The van der Waals surface area contributed by atoms with E-state index in [9.17, 15) is 13.9 Å². The largest absolute Gasteiger partial charge is 0.388 e. The Morgan fingerprint density at radius 2 is 1.42 bits per heavy atom. The van der Waals surface area contributed by atoms with E-state index in [-0.39, 0.29) is 11.6 Å². The van der Waals surface area contributed by atoms with Gasteiger partial charge in [-0.3, -0.25) is 0 Å². The van der Waals surface area contributed by atoms with Gasteiger partial charge in [-0.05, 0) is 48.4 Å². The zero-order valence-corrected chi connectivity index (χ0v) is 10.3. The second-order valence-electron chi connectivity index (χ2n) is 4.29. The van der Waals surface area contributed by atoms with Crippen LogP contribution in [-0.2, 0) is 0 Å². The van der Waals surface area contributed by atoms with Crippen LogP contribution in [0.5, 0.6) is 0 Å². The molecule has 2 rings (SSSR count). The van der Waals surface area contributed by atoms with Crippen LogP contribution in [-0.4, -0.2) is 11.7 Å². The molecule has 100 valence electrons. The number of halogens is 2. The highest BCUT2D eigenvalue weighted by Crippen LogP contribution is 2.17. The Balaban J connectivity index is 1.82. The summed E-state index contributed by atoms with van der Waals surface area (Å²) in [5.41, 5.74) is 1.48. The van der Waals surface area contributed by atoms with E-state index >= 15 is 0 Å². The molecule has 0 spiro atoms. The van der Waals surface area contributed by atoms with Crippen molar-refractivity contribution in [3.63, 3.8) is 0 Å². The van der Waals surface area contributed by atoms with E-state index in [1.54, 1.807) is 24.3 Å². The van der Waals surface area contributed by atoms with Gasteiger partial charge in [-0.1, -0.05) is 12.1 Å². The van der Waals surface area contributed by atoms with Gasteiger partial charge in [0.2, 0.25) is 0 Å². The standard InChI is InChI=1S/C15H15F2NO/c16-12-3-1-11(2-4-12)15(19)9-10-18-14-7-5-13(17)6-8-14/h1-8,15,18-19H,9-10H2. The van der Waals surface area contributed by atoms with Crippen molar-refractivity contribution in [3.8, 4) is 0 Å². The van der Waals surface area contributed by atoms with E-state index in [2.05, 4.69) is 5.32 Å². The molecule has 1 atom stereocenters. The molecule has 0 radical (unpaired) electrons. The van der Waals surface area contributed by atoms with Gasteiger partial charge in [0.15, 0.2) is 0 Å². The molecule has 0 heterocycles. The first-order chi connectivity index (χ1) is 9.15. The van der Waals surface area contributed by atoms with Crippen LogP contribution >= 0.6 is 0 Å². The Morgan fingerprint density at radius 3 is 2.00 bits per heavy atom. The molecule has 2 aromatic carbocycles. The van der Waals surface area contributed by atoms with Crippen LogP contribution in [0.2, 0.25) is 0 Å². The van der Waals surface area contributed by atoms with Gasteiger partial charge in [-0.15, -0.1) is 0 Å². The van der Waals surface area contributed by atoms with Crippen molar-refractivity contribution in [2.75, 3.05) is 11.9 Å². The Kier molecular flexibility index (Phi) is 4.47. The fourth-order valence-corrected chi connectivity index (χ4v) is 1.77. The quantitative estimate of drug-likeness (QED) is 0.865. The predicted molar refractivity (Wildman–Crippen MR) is 70.9 cm³/mol. The minimum atomic E-state index is -0.645. The maximum atomic E-state index is 12.7. The molecule has 0 fully saturated rings. The third kappa shape index (κ3) is 4.03. The molecule has 0 saturated carbocycles. The first-order valence-electron chi connectivity index (χ1n) is 6.08. The van der Waals surface area contributed by atoms with Crippen molar-refractivity contribution < 1.29 is 13.9 Å². The van der Waals surface area contributed by atoms with Crippen molar-refractivity contribution in [1.82, 2.24) is 0 Å². The van der Waals surface area contributed by atoms with Crippen LogP contribution < -0.4 is 5.32 Å². The van der Waals surface area contributed by atoms with Crippen molar-refractivity contribution in [2.45, 2.75) is 12.5 Å². The van der Waals surface area contributed by atoms with Gasteiger partial charge in [-0.25, -0.2) is 8.78 Å². The first-order valence-corrected chi connectivity index (χ1v) is 6.08. The smallest absolute Gasteiger partial charge is 0.123 e. The summed E-state index contributed by atoms with van der Waals surface area (Å²) < 4.78 is 25.4. The fraction of sp³-hybridized carbons (Fsp3) is 0.200. The average Bonchev–Trinajstić information content (AvgIpc) is 2.41. The molecule has 1 unspecified atom stereocenters. The minimum absolute atomic E-state index is 0.281. The molecule has 0 aromatic heterocycles. The Hall–Kier alpha value is -1.94. The minimum Gasteiger partial charge on any atom is -0.388 e. The topological polar surface area (TPSA) is 32.3 Å². The van der Waals surface area contributed by atoms with Crippen LogP contribution in [0.15, 0.2) is 48.5 Å². The Morgan fingerprint density at radius 1 is 0.895 bits per heavy atom. The van der Waals surface area contributed by atoms with Gasteiger partial charge in [0, 0.05) is 12.2 Å². The average molecular weight is 263 g/mol. The predicted octanol–water partition coefficient (Wildman–Crippen LogP) is 3.50. The lowest BCUT2D eigenvalue weighted by atomic mass is 10.1. The van der Waals surface area contributed by atoms with Gasteiger partial charge < -0.3 is 10.4 Å². The molecule has 0 aliphatic rings. The van der Waals surface area contributed by atoms with E-state index in [1.807, 2.05) is 0 Å². The maximum absolute atomic E-state index is 12.7. The van der Waals surface area contributed by atoms with Crippen LogP contribution in [0.3, 0.4) is 0 Å². The zero-order chi connectivity index (χ0) is 13.7. The van der Waals surface area contributed by atoms with Crippen molar-refractivity contribution in [2.24, 2.45) is 0 Å². The number of rotatable bonds is 5. The number of aliphatic hydroxyl groups excluding tert-OH is 1. The van der Waals surface area contributed by atoms with Crippen molar-refractivity contribution in [1.29, 1.82) is 0 Å². The molecule has 4 heteroatoms. The lowest BCUT2D eigenvalue weighted by Gasteiger charge is -2.12. The normalized spacial score (nSPS) is 12.2.